The molecule has 0 heterocycles. The van der Waals surface area contributed by atoms with Gasteiger partial charge in [0, 0.05) is 19.6 Å². The van der Waals surface area contributed by atoms with Gasteiger partial charge in [0.15, 0.2) is 0 Å². The van der Waals surface area contributed by atoms with Crippen LogP contribution in [0, 0.1) is 5.92 Å². The van der Waals surface area contributed by atoms with Crippen LogP contribution in [-0.4, -0.2) is 31.6 Å². The first-order valence-corrected chi connectivity index (χ1v) is 5.71. The van der Waals surface area contributed by atoms with Crippen molar-refractivity contribution in [3.8, 4) is 0 Å². The first kappa shape index (κ1) is 11.0. The van der Waals surface area contributed by atoms with Crippen molar-refractivity contribution in [1.82, 2.24) is 4.90 Å². The fourth-order valence-electron chi connectivity index (χ4n) is 2.30. The summed E-state index contributed by atoms with van der Waals surface area (Å²) in [5, 5.41) is 0. The molecule has 0 bridgehead atoms. The molecule has 0 aromatic rings. The molecule has 0 unspecified atom stereocenters. The van der Waals surface area contributed by atoms with Gasteiger partial charge >= 0.3 is 0 Å². The number of hydrogen-bond acceptors (Lipinski definition) is 2. The first-order valence-electron chi connectivity index (χ1n) is 5.71. The van der Waals surface area contributed by atoms with E-state index in [1.54, 1.807) is 0 Å². The predicted molar refractivity (Wildman–Crippen MR) is 57.7 cm³/mol. The van der Waals surface area contributed by atoms with Crippen LogP contribution in [0.4, 0.5) is 0 Å². The van der Waals surface area contributed by atoms with Crippen molar-refractivity contribution in [3.63, 3.8) is 0 Å². The number of rotatable bonds is 4. The molecule has 0 aromatic heterocycles. The number of nitrogens with two attached hydrogens (primary N) is 1. The molecule has 0 spiro atoms. The summed E-state index contributed by atoms with van der Waals surface area (Å²) in [5.74, 6) is 0.944. The monoisotopic (exact) mass is 184 g/mol. The van der Waals surface area contributed by atoms with Gasteiger partial charge in [-0.2, -0.15) is 0 Å². The quantitative estimate of drug-likeness (QED) is 0.676. The van der Waals surface area contributed by atoms with Crippen molar-refractivity contribution in [3.05, 3.63) is 0 Å². The lowest BCUT2D eigenvalue weighted by molar-refractivity contribution is 0.266. The maximum atomic E-state index is 5.52. The Kier molecular flexibility index (Phi) is 5.40. The summed E-state index contributed by atoms with van der Waals surface area (Å²) in [5.41, 5.74) is 5.52. The van der Waals surface area contributed by atoms with Gasteiger partial charge in [0.2, 0.25) is 0 Å². The highest BCUT2D eigenvalue weighted by Gasteiger charge is 2.13. The van der Waals surface area contributed by atoms with E-state index in [4.69, 9.17) is 5.73 Å². The van der Waals surface area contributed by atoms with Crippen molar-refractivity contribution in [1.29, 1.82) is 0 Å². The number of hydrogen-bond donors (Lipinski definition) is 1. The van der Waals surface area contributed by atoms with E-state index in [1.165, 1.54) is 45.1 Å². The van der Waals surface area contributed by atoms with Gasteiger partial charge in [0.05, 0.1) is 0 Å². The molecule has 1 aliphatic rings. The summed E-state index contributed by atoms with van der Waals surface area (Å²) in [7, 11) is 2.19. The van der Waals surface area contributed by atoms with Gasteiger partial charge in [0.1, 0.15) is 0 Å². The molecule has 2 heteroatoms. The molecule has 0 aromatic carbocycles. The van der Waals surface area contributed by atoms with Gasteiger partial charge in [0.25, 0.3) is 0 Å². The molecular weight excluding hydrogens is 160 g/mol. The van der Waals surface area contributed by atoms with Crippen molar-refractivity contribution in [2.75, 3.05) is 26.7 Å². The third-order valence-electron chi connectivity index (χ3n) is 3.06. The van der Waals surface area contributed by atoms with Crippen LogP contribution in [0.1, 0.15) is 38.5 Å². The Morgan fingerprint density at radius 1 is 1.15 bits per heavy atom. The first-order chi connectivity index (χ1) is 6.33. The normalized spacial score (nSPS) is 20.5. The second kappa shape index (κ2) is 6.39. The minimum Gasteiger partial charge on any atom is -0.329 e. The van der Waals surface area contributed by atoms with Crippen LogP contribution in [0.5, 0.6) is 0 Å². The van der Waals surface area contributed by atoms with E-state index in [1.807, 2.05) is 0 Å². The molecule has 0 atom stereocenters. The number of likely N-dealkylation sites (N-methyl/N-ethyl adjacent to an activating group) is 1. The Labute approximate surface area is 82.5 Å². The van der Waals surface area contributed by atoms with Gasteiger partial charge in [-0.15, -0.1) is 0 Å². The lowest BCUT2D eigenvalue weighted by Gasteiger charge is -2.22. The highest BCUT2D eigenvalue weighted by molar-refractivity contribution is 4.67. The van der Waals surface area contributed by atoms with Gasteiger partial charge < -0.3 is 10.6 Å². The average Bonchev–Trinajstić information content (AvgIpc) is 2.33. The molecule has 0 saturated heterocycles. The van der Waals surface area contributed by atoms with E-state index in [0.29, 0.717) is 0 Å². The van der Waals surface area contributed by atoms with Crippen molar-refractivity contribution >= 4 is 0 Å². The molecule has 0 amide bonds. The molecule has 1 fully saturated rings. The topological polar surface area (TPSA) is 29.3 Å². The largest absolute Gasteiger partial charge is 0.329 e. The van der Waals surface area contributed by atoms with E-state index in [0.717, 1.165) is 19.0 Å². The Hall–Kier alpha value is -0.0800. The maximum Gasteiger partial charge on any atom is 0.0102 e. The van der Waals surface area contributed by atoms with Gasteiger partial charge in [-0.25, -0.2) is 0 Å². The van der Waals surface area contributed by atoms with E-state index in [9.17, 15) is 0 Å². The second-order valence-corrected chi connectivity index (χ2v) is 4.41. The average molecular weight is 184 g/mol. The summed E-state index contributed by atoms with van der Waals surface area (Å²) in [4.78, 5) is 2.38. The van der Waals surface area contributed by atoms with Crippen molar-refractivity contribution in [2.24, 2.45) is 11.7 Å². The molecule has 1 aliphatic carbocycles. The zero-order valence-corrected chi connectivity index (χ0v) is 8.97. The molecular formula is C11H24N2. The Morgan fingerprint density at radius 2 is 1.77 bits per heavy atom. The zero-order chi connectivity index (χ0) is 9.52. The Morgan fingerprint density at radius 3 is 2.31 bits per heavy atom. The number of nitrogens with zero attached hydrogens (tertiary/aromatic N) is 1. The van der Waals surface area contributed by atoms with Crippen LogP contribution in [0.3, 0.4) is 0 Å². The summed E-state index contributed by atoms with van der Waals surface area (Å²) in [6.07, 6.45) is 8.68. The lowest BCUT2D eigenvalue weighted by atomic mass is 10.00. The SMILES string of the molecule is CN(CCN)CC1CCCCCC1. The standard InChI is InChI=1S/C11H24N2/c1-13(9-8-12)10-11-6-4-2-3-5-7-11/h11H,2-10,12H2,1H3. The maximum absolute atomic E-state index is 5.52. The highest BCUT2D eigenvalue weighted by Crippen LogP contribution is 2.23. The van der Waals surface area contributed by atoms with Crippen LogP contribution >= 0.6 is 0 Å². The fraction of sp³-hybridized carbons (Fsp3) is 1.00. The molecule has 2 nitrogen and oxygen atoms in total. The van der Waals surface area contributed by atoms with Gasteiger partial charge in [-0.1, -0.05) is 25.7 Å². The van der Waals surface area contributed by atoms with Crippen LogP contribution in [-0.2, 0) is 0 Å². The van der Waals surface area contributed by atoms with E-state index < -0.39 is 0 Å². The molecule has 13 heavy (non-hydrogen) atoms. The molecule has 2 N–H and O–H groups in total. The van der Waals surface area contributed by atoms with E-state index in [-0.39, 0.29) is 0 Å². The molecule has 1 rings (SSSR count). The molecule has 0 radical (unpaired) electrons. The summed E-state index contributed by atoms with van der Waals surface area (Å²) >= 11 is 0. The molecule has 78 valence electrons. The summed E-state index contributed by atoms with van der Waals surface area (Å²) < 4.78 is 0. The third kappa shape index (κ3) is 4.63. The van der Waals surface area contributed by atoms with Gasteiger partial charge in [-0.05, 0) is 25.8 Å². The van der Waals surface area contributed by atoms with Crippen LogP contribution in [0.15, 0.2) is 0 Å². The Bertz CT molecular complexity index is 117. The van der Waals surface area contributed by atoms with Crippen LogP contribution in [0.25, 0.3) is 0 Å². The smallest absolute Gasteiger partial charge is 0.0102 e. The van der Waals surface area contributed by atoms with Crippen LogP contribution < -0.4 is 5.73 Å². The molecule has 0 aliphatic heterocycles. The van der Waals surface area contributed by atoms with Crippen molar-refractivity contribution in [2.45, 2.75) is 38.5 Å². The van der Waals surface area contributed by atoms with Gasteiger partial charge in [-0.3, -0.25) is 0 Å². The lowest BCUT2D eigenvalue weighted by Crippen LogP contribution is -2.30. The second-order valence-electron chi connectivity index (χ2n) is 4.41. The Balaban J connectivity index is 2.17. The predicted octanol–water partition coefficient (Wildman–Crippen LogP) is 1.85. The van der Waals surface area contributed by atoms with Crippen molar-refractivity contribution < 1.29 is 0 Å². The summed E-state index contributed by atoms with van der Waals surface area (Å²) in [6.45, 7) is 3.11. The fourth-order valence-corrected chi connectivity index (χ4v) is 2.30. The van der Waals surface area contributed by atoms with E-state index in [2.05, 4.69) is 11.9 Å². The van der Waals surface area contributed by atoms with E-state index >= 15 is 0 Å². The third-order valence-corrected chi connectivity index (χ3v) is 3.06. The minimum absolute atomic E-state index is 0.795. The van der Waals surface area contributed by atoms with Crippen LogP contribution in [0.2, 0.25) is 0 Å². The summed E-state index contributed by atoms with van der Waals surface area (Å²) in [6, 6.07) is 0. The highest BCUT2D eigenvalue weighted by atomic mass is 15.1. The zero-order valence-electron chi connectivity index (χ0n) is 8.97. The molecule has 1 saturated carbocycles. The minimum atomic E-state index is 0.795.